The van der Waals surface area contributed by atoms with Crippen molar-refractivity contribution in [3.63, 3.8) is 0 Å². The molecule has 9 aromatic rings. The third-order valence-electron chi connectivity index (χ3n) is 9.23. The predicted molar refractivity (Wildman–Crippen MR) is 197 cm³/mol. The summed E-state index contributed by atoms with van der Waals surface area (Å²) >= 11 is 1.87. The second-order valence-electron chi connectivity index (χ2n) is 11.9. The zero-order valence-electron chi connectivity index (χ0n) is 25.8. The Labute approximate surface area is 290 Å². The SMILES string of the molecule is Cc1c[c-]c(-c2nccc3ccccc23)cc1C.[Ir].[c-]1ccc2c(sc3c4cccc5ccc6cccc(c23)c6c54)c1C1=NC=NC1. The first kappa shape index (κ1) is 29.6. The van der Waals surface area contributed by atoms with Gasteiger partial charge < -0.3 is 4.98 Å². The zero-order chi connectivity index (χ0) is 30.8. The number of aryl methyl sites for hydroxylation is 2. The summed E-state index contributed by atoms with van der Waals surface area (Å²) in [5.41, 5.74) is 6.72. The first-order chi connectivity index (χ1) is 22.7. The smallest absolute Gasteiger partial charge is 0.0987 e. The normalized spacial score (nSPS) is 12.7. The van der Waals surface area contributed by atoms with E-state index in [0.29, 0.717) is 6.54 Å². The third-order valence-corrected chi connectivity index (χ3v) is 10.5. The molecule has 5 heteroatoms. The van der Waals surface area contributed by atoms with Crippen molar-refractivity contribution in [3.8, 4) is 11.3 Å². The van der Waals surface area contributed by atoms with Gasteiger partial charge in [0.05, 0.1) is 6.34 Å². The number of pyridine rings is 1. The van der Waals surface area contributed by atoms with Gasteiger partial charge in [0.2, 0.25) is 0 Å². The molecule has 10 rings (SSSR count). The summed E-state index contributed by atoms with van der Waals surface area (Å²) in [4.78, 5) is 13.3. The standard InChI is InChI=1S/C25H13N2S.C17H14N.Ir/c1-4-14-10-11-15-5-2-8-18-22(15)21(14)17(7-1)23-19-9-3-6-16(20-12-26-13-27-20)24(19)28-25(18)23;1-12-7-8-15(11-13(12)2)17-16-6-4-3-5-14(16)9-10-18-17;/h1-5,7-11,13H,12H2;3-7,9-11H,1-2H3;/q2*-1;. The first-order valence-corrected chi connectivity index (χ1v) is 16.3. The van der Waals surface area contributed by atoms with E-state index in [-0.39, 0.29) is 20.1 Å². The van der Waals surface area contributed by atoms with E-state index in [1.165, 1.54) is 74.4 Å². The third kappa shape index (κ3) is 4.77. The summed E-state index contributed by atoms with van der Waals surface area (Å²) in [5, 5.41) is 13.1. The van der Waals surface area contributed by atoms with Crippen molar-refractivity contribution >= 4 is 86.6 Å². The van der Waals surface area contributed by atoms with Gasteiger partial charge in [0.1, 0.15) is 0 Å². The van der Waals surface area contributed by atoms with E-state index in [0.717, 1.165) is 22.5 Å². The molecule has 0 aliphatic carbocycles. The average Bonchev–Trinajstić information content (AvgIpc) is 3.78. The van der Waals surface area contributed by atoms with Crippen molar-refractivity contribution in [1.82, 2.24) is 4.98 Å². The number of aromatic nitrogens is 1. The topological polar surface area (TPSA) is 37.6 Å². The molecule has 0 saturated carbocycles. The maximum atomic E-state index is 4.52. The molecule has 1 radical (unpaired) electrons. The van der Waals surface area contributed by atoms with Crippen molar-refractivity contribution in [3.05, 3.63) is 138 Å². The van der Waals surface area contributed by atoms with Gasteiger partial charge in [0.25, 0.3) is 0 Å². The van der Waals surface area contributed by atoms with Gasteiger partial charge in [-0.05, 0) is 70.6 Å². The van der Waals surface area contributed by atoms with Crippen LogP contribution in [0.5, 0.6) is 0 Å². The summed E-state index contributed by atoms with van der Waals surface area (Å²) in [6.45, 7) is 4.87. The van der Waals surface area contributed by atoms with Crippen molar-refractivity contribution in [1.29, 1.82) is 0 Å². The quantitative estimate of drug-likeness (QED) is 0.127. The van der Waals surface area contributed by atoms with Crippen LogP contribution in [0.2, 0.25) is 0 Å². The van der Waals surface area contributed by atoms with Gasteiger partial charge in [-0.3, -0.25) is 9.98 Å². The van der Waals surface area contributed by atoms with Crippen LogP contribution in [0, 0.1) is 26.0 Å². The average molecular weight is 798 g/mol. The molecule has 0 atom stereocenters. The van der Waals surface area contributed by atoms with Crippen LogP contribution >= 0.6 is 11.3 Å². The van der Waals surface area contributed by atoms with Crippen LogP contribution < -0.4 is 0 Å². The minimum absolute atomic E-state index is 0. The molecule has 3 nitrogen and oxygen atoms in total. The van der Waals surface area contributed by atoms with Crippen LogP contribution in [0.25, 0.3) is 74.5 Å². The summed E-state index contributed by atoms with van der Waals surface area (Å²) in [6, 6.07) is 43.4. The Kier molecular flexibility index (Phi) is 7.41. The first-order valence-electron chi connectivity index (χ1n) is 15.5. The van der Waals surface area contributed by atoms with E-state index in [1.807, 2.05) is 35.7 Å². The van der Waals surface area contributed by atoms with Crippen molar-refractivity contribution in [2.75, 3.05) is 6.54 Å². The number of thiophene rings is 1. The van der Waals surface area contributed by atoms with Gasteiger partial charge in [-0.25, -0.2) is 0 Å². The molecule has 0 bridgehead atoms. The van der Waals surface area contributed by atoms with Crippen LogP contribution in [0.15, 0.2) is 119 Å². The van der Waals surface area contributed by atoms with E-state index >= 15 is 0 Å². The minimum Gasteiger partial charge on any atom is -0.304 e. The van der Waals surface area contributed by atoms with Gasteiger partial charge in [0, 0.05) is 37.5 Å². The molecule has 3 heterocycles. The molecule has 2 aromatic heterocycles. The second-order valence-corrected chi connectivity index (χ2v) is 12.9. The number of nitrogens with zero attached hydrogens (tertiary/aromatic N) is 3. The van der Waals surface area contributed by atoms with Gasteiger partial charge in [-0.15, -0.1) is 58.7 Å². The Balaban J connectivity index is 0.000000149. The number of rotatable bonds is 2. The Morgan fingerprint density at radius 3 is 2.17 bits per heavy atom. The Bertz CT molecular complexity index is 2700. The van der Waals surface area contributed by atoms with Crippen molar-refractivity contribution in [2.24, 2.45) is 9.98 Å². The maximum absolute atomic E-state index is 4.52. The second kappa shape index (κ2) is 11.8. The summed E-state index contributed by atoms with van der Waals surface area (Å²) in [7, 11) is 0. The molecule has 227 valence electrons. The van der Waals surface area contributed by atoms with Crippen molar-refractivity contribution < 1.29 is 20.1 Å². The summed E-state index contributed by atoms with van der Waals surface area (Å²) in [6.07, 6.45) is 3.52. The minimum atomic E-state index is 0. The van der Waals surface area contributed by atoms with E-state index in [9.17, 15) is 0 Å². The van der Waals surface area contributed by atoms with Gasteiger partial charge >= 0.3 is 0 Å². The number of hydrogen-bond acceptors (Lipinski definition) is 4. The van der Waals surface area contributed by atoms with Gasteiger partial charge in [-0.1, -0.05) is 92.0 Å². The van der Waals surface area contributed by atoms with E-state index in [4.69, 9.17) is 0 Å². The molecule has 0 unspecified atom stereocenters. The molecule has 0 amide bonds. The van der Waals surface area contributed by atoms with Crippen LogP contribution in [-0.2, 0) is 20.1 Å². The number of aliphatic imine (C=N–C) groups is 2. The largest absolute Gasteiger partial charge is 0.304 e. The molecule has 7 aromatic carbocycles. The maximum Gasteiger partial charge on any atom is 0.0987 e. The van der Waals surface area contributed by atoms with Crippen LogP contribution in [0.4, 0.5) is 0 Å². The number of fused-ring (bicyclic) bond motifs is 6. The molecule has 0 spiro atoms. The monoisotopic (exact) mass is 798 g/mol. The molecule has 1 aliphatic heterocycles. The Morgan fingerprint density at radius 2 is 1.38 bits per heavy atom. The summed E-state index contributed by atoms with van der Waals surface area (Å²) < 4.78 is 2.62. The number of benzene rings is 7. The van der Waals surface area contributed by atoms with E-state index in [1.54, 1.807) is 6.34 Å². The summed E-state index contributed by atoms with van der Waals surface area (Å²) in [5.74, 6) is 0. The molecule has 0 N–H and O–H groups in total. The van der Waals surface area contributed by atoms with Crippen LogP contribution in [0.1, 0.15) is 16.7 Å². The Hall–Kier alpha value is -4.80. The molecule has 1 aliphatic rings. The Morgan fingerprint density at radius 1 is 0.660 bits per heavy atom. The fourth-order valence-electron chi connectivity index (χ4n) is 6.85. The molecule has 47 heavy (non-hydrogen) atoms. The van der Waals surface area contributed by atoms with Gasteiger partial charge in [0.15, 0.2) is 0 Å². The molecule has 0 fully saturated rings. The fourth-order valence-corrected chi connectivity index (χ4v) is 8.22. The van der Waals surface area contributed by atoms with E-state index < -0.39 is 0 Å². The number of hydrogen-bond donors (Lipinski definition) is 0. The zero-order valence-corrected chi connectivity index (χ0v) is 29.0. The predicted octanol–water partition coefficient (Wildman–Crippen LogP) is 10.9. The van der Waals surface area contributed by atoms with Gasteiger partial charge in [-0.2, -0.15) is 11.3 Å². The molecule has 0 saturated heterocycles. The van der Waals surface area contributed by atoms with E-state index in [2.05, 4.69) is 126 Å². The van der Waals surface area contributed by atoms with Crippen molar-refractivity contribution in [2.45, 2.75) is 13.8 Å². The van der Waals surface area contributed by atoms with Crippen LogP contribution in [-0.4, -0.2) is 23.6 Å². The molecular weight excluding hydrogens is 771 g/mol. The molecular formula is C42H27IrN3S-2. The van der Waals surface area contributed by atoms with Crippen LogP contribution in [0.3, 0.4) is 0 Å². The fraction of sp³-hybridized carbons (Fsp3) is 0.0714.